The van der Waals surface area contributed by atoms with Crippen LogP contribution in [0.3, 0.4) is 0 Å². The van der Waals surface area contributed by atoms with E-state index in [4.69, 9.17) is 22.3 Å². The molecule has 0 aliphatic carbocycles. The highest BCUT2D eigenvalue weighted by atomic mass is 32.1. The molecule has 0 aliphatic heterocycles. The summed E-state index contributed by atoms with van der Waals surface area (Å²) in [4.78, 5) is 48.5. The Hall–Kier alpha value is -1.89. The molecule has 0 saturated heterocycles. The number of rotatable bonds is 16. The van der Waals surface area contributed by atoms with Crippen molar-refractivity contribution < 1.29 is 24.3 Å². The SMILES string of the molecule is CC(N)C(=O)NC(CCCCN)C(=O)NC(CCCCN)C(=O)NC(CS)C(=O)O. The van der Waals surface area contributed by atoms with Crippen molar-refractivity contribution in [3.63, 3.8) is 0 Å². The maximum absolute atomic E-state index is 12.8. The number of carbonyl (C=O) groups is 4. The van der Waals surface area contributed by atoms with Crippen molar-refractivity contribution >= 4 is 36.3 Å². The van der Waals surface area contributed by atoms with Gasteiger partial charge in [-0.3, -0.25) is 14.4 Å². The number of carbonyl (C=O) groups excluding carboxylic acids is 3. The third-order valence-electron chi connectivity index (χ3n) is 4.37. The second-order valence-electron chi connectivity index (χ2n) is 7.06. The molecule has 4 unspecified atom stereocenters. The van der Waals surface area contributed by atoms with Crippen LogP contribution < -0.4 is 33.2 Å². The van der Waals surface area contributed by atoms with E-state index in [1.165, 1.54) is 6.92 Å². The molecular weight excluding hydrogens is 412 g/mol. The van der Waals surface area contributed by atoms with Gasteiger partial charge in [0.25, 0.3) is 0 Å². The molecule has 12 heteroatoms. The van der Waals surface area contributed by atoms with E-state index in [1.807, 2.05) is 0 Å². The summed E-state index contributed by atoms with van der Waals surface area (Å²) in [6.07, 6.45) is 3.05. The average molecular weight is 449 g/mol. The molecule has 11 nitrogen and oxygen atoms in total. The minimum absolute atomic E-state index is 0.100. The number of amides is 3. The van der Waals surface area contributed by atoms with Crippen LogP contribution in [0.4, 0.5) is 0 Å². The molecule has 0 aliphatic rings. The number of carboxylic acid groups (broad SMARTS) is 1. The number of hydrogen-bond acceptors (Lipinski definition) is 8. The average Bonchev–Trinajstić information content (AvgIpc) is 2.69. The lowest BCUT2D eigenvalue weighted by molar-refractivity contribution is -0.141. The monoisotopic (exact) mass is 448 g/mol. The van der Waals surface area contributed by atoms with Crippen LogP contribution >= 0.6 is 12.6 Å². The number of hydrogen-bond donors (Lipinski definition) is 8. The largest absolute Gasteiger partial charge is 0.480 e. The van der Waals surface area contributed by atoms with Crippen LogP contribution in [0.5, 0.6) is 0 Å². The van der Waals surface area contributed by atoms with Gasteiger partial charge in [0.15, 0.2) is 0 Å². The lowest BCUT2D eigenvalue weighted by atomic mass is 10.0. The fraction of sp³-hybridized carbons (Fsp3) is 0.778. The zero-order chi connectivity index (χ0) is 23.1. The third-order valence-corrected chi connectivity index (χ3v) is 4.74. The van der Waals surface area contributed by atoms with Gasteiger partial charge in [-0.05, 0) is 58.5 Å². The molecule has 0 bridgehead atoms. The van der Waals surface area contributed by atoms with Crippen LogP contribution in [0.1, 0.15) is 45.4 Å². The van der Waals surface area contributed by atoms with Crippen LogP contribution in [0.25, 0.3) is 0 Å². The van der Waals surface area contributed by atoms with E-state index < -0.39 is 47.9 Å². The maximum Gasteiger partial charge on any atom is 0.327 e. The van der Waals surface area contributed by atoms with Crippen LogP contribution in [0.15, 0.2) is 0 Å². The van der Waals surface area contributed by atoms with Gasteiger partial charge in [-0.25, -0.2) is 4.79 Å². The number of nitrogens with one attached hydrogen (secondary N) is 3. The topological polar surface area (TPSA) is 203 Å². The normalized spacial score (nSPS) is 14.8. The molecule has 174 valence electrons. The number of aliphatic carboxylic acids is 1. The molecule has 0 aromatic carbocycles. The van der Waals surface area contributed by atoms with E-state index in [9.17, 15) is 19.2 Å². The van der Waals surface area contributed by atoms with Crippen LogP contribution in [-0.4, -0.2) is 71.8 Å². The van der Waals surface area contributed by atoms with Gasteiger partial charge in [-0.15, -0.1) is 0 Å². The lowest BCUT2D eigenvalue weighted by Crippen LogP contribution is -2.57. The molecule has 10 N–H and O–H groups in total. The smallest absolute Gasteiger partial charge is 0.327 e. The summed E-state index contributed by atoms with van der Waals surface area (Å²) >= 11 is 3.92. The van der Waals surface area contributed by atoms with Gasteiger partial charge in [-0.2, -0.15) is 12.6 Å². The summed E-state index contributed by atoms with van der Waals surface area (Å²) in [6.45, 7) is 2.36. The predicted molar refractivity (Wildman–Crippen MR) is 117 cm³/mol. The van der Waals surface area contributed by atoms with E-state index in [0.29, 0.717) is 45.2 Å². The first-order valence-corrected chi connectivity index (χ1v) is 10.7. The van der Waals surface area contributed by atoms with Crippen LogP contribution in [-0.2, 0) is 19.2 Å². The summed E-state index contributed by atoms with van der Waals surface area (Å²) in [5.74, 6) is -3.01. The molecule has 0 aromatic rings. The molecule has 0 heterocycles. The van der Waals surface area contributed by atoms with Gasteiger partial charge >= 0.3 is 5.97 Å². The van der Waals surface area contributed by atoms with Gasteiger partial charge in [0.05, 0.1) is 6.04 Å². The Morgan fingerprint density at radius 2 is 1.20 bits per heavy atom. The third kappa shape index (κ3) is 11.3. The van der Waals surface area contributed by atoms with Crippen LogP contribution in [0.2, 0.25) is 0 Å². The molecule has 30 heavy (non-hydrogen) atoms. The second-order valence-corrected chi connectivity index (χ2v) is 7.43. The van der Waals surface area contributed by atoms with Crippen molar-refractivity contribution in [3.05, 3.63) is 0 Å². The summed E-state index contributed by atoms with van der Waals surface area (Å²) < 4.78 is 0. The molecule has 3 amide bonds. The van der Waals surface area contributed by atoms with E-state index in [-0.39, 0.29) is 12.2 Å². The van der Waals surface area contributed by atoms with E-state index >= 15 is 0 Å². The Kier molecular flexibility index (Phi) is 14.9. The Labute approximate surface area is 182 Å². The first-order valence-electron chi connectivity index (χ1n) is 10.1. The molecule has 0 fully saturated rings. The van der Waals surface area contributed by atoms with E-state index in [2.05, 4.69) is 28.6 Å². The number of unbranched alkanes of at least 4 members (excludes halogenated alkanes) is 2. The van der Waals surface area contributed by atoms with Crippen molar-refractivity contribution in [2.24, 2.45) is 17.2 Å². The highest BCUT2D eigenvalue weighted by Gasteiger charge is 2.29. The summed E-state index contributed by atoms with van der Waals surface area (Å²) in [5, 5.41) is 16.7. The van der Waals surface area contributed by atoms with Gasteiger partial charge in [0.2, 0.25) is 17.7 Å². The Balaban J connectivity index is 5.29. The first kappa shape index (κ1) is 28.1. The fourth-order valence-electron chi connectivity index (χ4n) is 2.56. The molecule has 0 rings (SSSR count). The predicted octanol–water partition coefficient (Wildman–Crippen LogP) is -1.94. The molecule has 0 radical (unpaired) electrons. The standard InChI is InChI=1S/C18H36N6O5S/c1-11(21)15(25)22-12(6-2-4-8-19)16(26)23-13(7-3-5-9-20)17(27)24-14(10-30)18(28)29/h11-14,30H,2-10,19-21H2,1H3,(H,22,25)(H,23,26)(H,24,27)(H,28,29). The van der Waals surface area contributed by atoms with Crippen LogP contribution in [0, 0.1) is 0 Å². The fourth-order valence-corrected chi connectivity index (χ4v) is 2.80. The Bertz CT molecular complexity index is 563. The molecular formula is C18H36N6O5S. The zero-order valence-electron chi connectivity index (χ0n) is 17.4. The molecule has 0 saturated carbocycles. The van der Waals surface area contributed by atoms with Gasteiger partial charge < -0.3 is 38.3 Å². The summed E-state index contributed by atoms with van der Waals surface area (Å²) in [6, 6.07) is -3.85. The Morgan fingerprint density at radius 1 is 0.800 bits per heavy atom. The van der Waals surface area contributed by atoms with E-state index in [1.54, 1.807) is 0 Å². The zero-order valence-corrected chi connectivity index (χ0v) is 18.3. The van der Waals surface area contributed by atoms with Crippen molar-refractivity contribution in [2.45, 2.75) is 69.6 Å². The van der Waals surface area contributed by atoms with Gasteiger partial charge in [-0.1, -0.05) is 0 Å². The first-order chi connectivity index (χ1) is 14.2. The Morgan fingerprint density at radius 3 is 1.53 bits per heavy atom. The maximum atomic E-state index is 12.8. The van der Waals surface area contributed by atoms with Crippen molar-refractivity contribution in [1.82, 2.24) is 16.0 Å². The van der Waals surface area contributed by atoms with Gasteiger partial charge in [0, 0.05) is 5.75 Å². The van der Waals surface area contributed by atoms with Crippen molar-refractivity contribution in [1.29, 1.82) is 0 Å². The van der Waals surface area contributed by atoms with E-state index in [0.717, 1.165) is 0 Å². The highest BCUT2D eigenvalue weighted by molar-refractivity contribution is 7.80. The number of nitrogens with two attached hydrogens (primary N) is 3. The molecule has 0 aromatic heterocycles. The number of carboxylic acids is 1. The summed E-state index contributed by atoms with van der Waals surface area (Å²) in [5.41, 5.74) is 16.5. The highest BCUT2D eigenvalue weighted by Crippen LogP contribution is 2.06. The van der Waals surface area contributed by atoms with Crippen molar-refractivity contribution in [3.8, 4) is 0 Å². The minimum atomic E-state index is -1.23. The van der Waals surface area contributed by atoms with Crippen molar-refractivity contribution in [2.75, 3.05) is 18.8 Å². The van der Waals surface area contributed by atoms with Gasteiger partial charge in [0.1, 0.15) is 18.1 Å². The minimum Gasteiger partial charge on any atom is -0.480 e. The number of thiol groups is 1. The second kappa shape index (κ2) is 15.9. The lowest BCUT2D eigenvalue weighted by Gasteiger charge is -2.24. The quantitative estimate of drug-likeness (QED) is 0.0983. The summed E-state index contributed by atoms with van der Waals surface area (Å²) in [7, 11) is 0. The molecule has 4 atom stereocenters. The molecule has 0 spiro atoms.